The Labute approximate surface area is 195 Å². The van der Waals surface area contributed by atoms with Crippen LogP contribution in [0.25, 0.3) is 0 Å². The lowest BCUT2D eigenvalue weighted by atomic mass is 9.68. The van der Waals surface area contributed by atoms with Crippen LogP contribution < -0.4 is 0 Å². The fourth-order valence-electron chi connectivity index (χ4n) is 4.38. The second kappa shape index (κ2) is 9.62. The SMILES string of the molecule is CCCC(C)C1(CC)C(=O)N(C(=O)c2ccccc2F)C(=O)N(C(=O)c2ccccc2F)C1=O. The van der Waals surface area contributed by atoms with E-state index in [-0.39, 0.29) is 16.2 Å². The van der Waals surface area contributed by atoms with Crippen LogP contribution in [0.1, 0.15) is 60.7 Å². The number of imide groups is 6. The van der Waals surface area contributed by atoms with E-state index in [1.165, 1.54) is 31.2 Å². The summed E-state index contributed by atoms with van der Waals surface area (Å²) >= 11 is 0. The van der Waals surface area contributed by atoms with E-state index in [2.05, 4.69) is 0 Å². The van der Waals surface area contributed by atoms with Gasteiger partial charge in [-0.05, 0) is 43.0 Å². The minimum Gasteiger partial charge on any atom is -0.273 e. The van der Waals surface area contributed by atoms with Gasteiger partial charge in [-0.15, -0.1) is 0 Å². The van der Waals surface area contributed by atoms with Crippen LogP contribution in [-0.4, -0.2) is 39.5 Å². The first-order chi connectivity index (χ1) is 16.1. The van der Waals surface area contributed by atoms with Crippen LogP contribution in [0.4, 0.5) is 13.6 Å². The minimum absolute atomic E-state index is 0.133. The molecule has 2 aromatic carbocycles. The summed E-state index contributed by atoms with van der Waals surface area (Å²) < 4.78 is 28.8. The van der Waals surface area contributed by atoms with Crippen LogP contribution in [0.2, 0.25) is 0 Å². The van der Waals surface area contributed by atoms with Crippen molar-refractivity contribution in [3.05, 3.63) is 71.3 Å². The first kappa shape index (κ1) is 24.9. The number of hydrogen-bond acceptors (Lipinski definition) is 5. The molecule has 3 rings (SSSR count). The Bertz CT molecular complexity index is 1100. The summed E-state index contributed by atoms with van der Waals surface area (Å²) in [5.74, 6) is -7.53. The number of urea groups is 1. The van der Waals surface area contributed by atoms with Gasteiger partial charge in [0.15, 0.2) is 0 Å². The largest absolute Gasteiger partial charge is 0.347 e. The molecule has 0 radical (unpaired) electrons. The normalized spacial score (nSPS) is 16.6. The molecule has 1 aliphatic rings. The first-order valence-corrected chi connectivity index (χ1v) is 10.9. The topological polar surface area (TPSA) is 91.8 Å². The third-order valence-corrected chi connectivity index (χ3v) is 6.29. The zero-order valence-corrected chi connectivity index (χ0v) is 19.0. The lowest BCUT2D eigenvalue weighted by Gasteiger charge is -2.45. The van der Waals surface area contributed by atoms with Crippen molar-refractivity contribution in [2.24, 2.45) is 11.3 Å². The summed E-state index contributed by atoms with van der Waals surface area (Å²) in [4.78, 5) is 67.3. The van der Waals surface area contributed by atoms with Gasteiger partial charge in [0.2, 0.25) is 0 Å². The molecule has 0 aromatic heterocycles. The van der Waals surface area contributed by atoms with E-state index in [0.717, 1.165) is 24.3 Å². The van der Waals surface area contributed by atoms with Crippen molar-refractivity contribution in [2.45, 2.75) is 40.0 Å². The average Bonchev–Trinajstić information content (AvgIpc) is 2.80. The molecule has 0 saturated carbocycles. The summed E-state index contributed by atoms with van der Waals surface area (Å²) in [6.07, 6.45) is 0.796. The Balaban J connectivity index is 2.23. The Kier molecular flexibility index (Phi) is 7.04. The molecule has 1 atom stereocenters. The molecule has 34 heavy (non-hydrogen) atoms. The molecule has 0 N–H and O–H groups in total. The van der Waals surface area contributed by atoms with Crippen molar-refractivity contribution in [3.63, 3.8) is 0 Å². The standard InChI is InChI=1S/C25H24F2N2O5/c1-4-10-15(3)25(5-2)22(32)28(20(30)16-11-6-8-13-18(16)26)24(34)29(23(25)33)21(31)17-12-7-9-14-19(17)27/h6-9,11-15H,4-5,10H2,1-3H3. The molecular formula is C25H24F2N2O5. The van der Waals surface area contributed by atoms with Gasteiger partial charge in [-0.25, -0.2) is 13.6 Å². The number of amides is 6. The predicted octanol–water partition coefficient (Wildman–Crippen LogP) is 4.57. The number of halogens is 2. The number of hydrogen-bond donors (Lipinski definition) is 0. The predicted molar refractivity (Wildman–Crippen MR) is 117 cm³/mol. The van der Waals surface area contributed by atoms with Crippen molar-refractivity contribution in [2.75, 3.05) is 0 Å². The fraction of sp³-hybridized carbons (Fsp3) is 0.320. The zero-order valence-electron chi connectivity index (χ0n) is 19.0. The monoisotopic (exact) mass is 470 g/mol. The summed E-state index contributed by atoms with van der Waals surface area (Å²) in [6, 6.07) is 7.89. The summed E-state index contributed by atoms with van der Waals surface area (Å²) in [6.45, 7) is 4.96. The van der Waals surface area contributed by atoms with E-state index in [1.54, 1.807) is 6.92 Å². The molecule has 1 fully saturated rings. The minimum atomic E-state index is -1.95. The lowest BCUT2D eigenvalue weighted by molar-refractivity contribution is -0.159. The van der Waals surface area contributed by atoms with Crippen LogP contribution in [-0.2, 0) is 9.59 Å². The Morgan fingerprint density at radius 3 is 1.59 bits per heavy atom. The number of carbonyl (C=O) groups excluding carboxylic acids is 5. The van der Waals surface area contributed by atoms with Gasteiger partial charge in [0.05, 0.1) is 11.1 Å². The van der Waals surface area contributed by atoms with Crippen LogP contribution in [0.5, 0.6) is 0 Å². The maximum atomic E-state index is 14.4. The average molecular weight is 470 g/mol. The van der Waals surface area contributed by atoms with Gasteiger partial charge in [-0.3, -0.25) is 19.2 Å². The summed E-state index contributed by atoms with van der Waals surface area (Å²) in [7, 11) is 0. The van der Waals surface area contributed by atoms with E-state index in [4.69, 9.17) is 0 Å². The van der Waals surface area contributed by atoms with E-state index < -0.39 is 63.8 Å². The quantitative estimate of drug-likeness (QED) is 0.456. The van der Waals surface area contributed by atoms with Crippen LogP contribution in [0.3, 0.4) is 0 Å². The molecule has 1 unspecified atom stereocenters. The highest BCUT2D eigenvalue weighted by Crippen LogP contribution is 2.42. The number of rotatable bonds is 6. The van der Waals surface area contributed by atoms with Gasteiger partial charge in [0.25, 0.3) is 23.6 Å². The molecule has 178 valence electrons. The molecule has 1 aliphatic heterocycles. The lowest BCUT2D eigenvalue weighted by Crippen LogP contribution is -2.69. The molecule has 7 nitrogen and oxygen atoms in total. The summed E-state index contributed by atoms with van der Waals surface area (Å²) in [5.41, 5.74) is -3.11. The van der Waals surface area contributed by atoms with Gasteiger partial charge < -0.3 is 0 Å². The highest BCUT2D eigenvalue weighted by atomic mass is 19.1. The maximum Gasteiger partial charge on any atom is 0.347 e. The van der Waals surface area contributed by atoms with Gasteiger partial charge in [-0.1, -0.05) is 51.5 Å². The Morgan fingerprint density at radius 1 is 0.824 bits per heavy atom. The second-order valence-corrected chi connectivity index (χ2v) is 8.15. The molecule has 0 aliphatic carbocycles. The van der Waals surface area contributed by atoms with Crippen molar-refractivity contribution in [3.8, 4) is 0 Å². The molecular weight excluding hydrogens is 446 g/mol. The van der Waals surface area contributed by atoms with E-state index in [0.29, 0.717) is 12.8 Å². The van der Waals surface area contributed by atoms with Gasteiger partial charge in [0.1, 0.15) is 17.0 Å². The van der Waals surface area contributed by atoms with Crippen molar-refractivity contribution in [1.29, 1.82) is 0 Å². The molecule has 2 aromatic rings. The molecule has 6 amide bonds. The van der Waals surface area contributed by atoms with Crippen LogP contribution in [0.15, 0.2) is 48.5 Å². The second-order valence-electron chi connectivity index (χ2n) is 8.15. The highest BCUT2D eigenvalue weighted by molar-refractivity contribution is 6.33. The molecule has 9 heteroatoms. The van der Waals surface area contributed by atoms with E-state index in [9.17, 15) is 32.8 Å². The Morgan fingerprint density at radius 2 is 1.24 bits per heavy atom. The van der Waals surface area contributed by atoms with Gasteiger partial charge in [-0.2, -0.15) is 9.80 Å². The molecule has 1 saturated heterocycles. The van der Waals surface area contributed by atoms with Crippen LogP contribution >= 0.6 is 0 Å². The smallest absolute Gasteiger partial charge is 0.273 e. The maximum absolute atomic E-state index is 14.4. The Hall–Kier alpha value is -3.75. The molecule has 0 spiro atoms. The third-order valence-electron chi connectivity index (χ3n) is 6.29. The third kappa shape index (κ3) is 3.81. The number of barbiturate groups is 1. The molecule has 0 bridgehead atoms. The van der Waals surface area contributed by atoms with Gasteiger partial charge in [0, 0.05) is 0 Å². The van der Waals surface area contributed by atoms with Crippen LogP contribution in [0, 0.1) is 23.0 Å². The number of benzene rings is 2. The zero-order chi connectivity index (χ0) is 25.2. The van der Waals surface area contributed by atoms with Crippen molar-refractivity contribution < 1.29 is 32.8 Å². The van der Waals surface area contributed by atoms with Gasteiger partial charge >= 0.3 is 6.03 Å². The van der Waals surface area contributed by atoms with Crippen molar-refractivity contribution in [1.82, 2.24) is 9.80 Å². The van der Waals surface area contributed by atoms with E-state index in [1.807, 2.05) is 6.92 Å². The fourth-order valence-corrected chi connectivity index (χ4v) is 4.38. The number of nitrogens with zero attached hydrogens (tertiary/aromatic N) is 2. The molecule has 1 heterocycles. The first-order valence-electron chi connectivity index (χ1n) is 10.9. The van der Waals surface area contributed by atoms with Crippen molar-refractivity contribution >= 4 is 29.7 Å². The van der Waals surface area contributed by atoms with E-state index >= 15 is 0 Å². The highest BCUT2D eigenvalue weighted by Gasteiger charge is 2.62. The summed E-state index contributed by atoms with van der Waals surface area (Å²) in [5, 5.41) is 0. The number of carbonyl (C=O) groups is 5.